The molecule has 6 heteroatoms. The van der Waals surface area contributed by atoms with Crippen LogP contribution in [0.25, 0.3) is 11.0 Å². The molecule has 3 N–H and O–H groups in total. The average Bonchev–Trinajstić information content (AvgIpc) is 3.05. The first-order valence-electron chi connectivity index (χ1n) is 5.84. The van der Waals surface area contributed by atoms with Crippen LogP contribution in [0.1, 0.15) is 5.56 Å². The fourth-order valence-electron chi connectivity index (χ4n) is 1.97. The van der Waals surface area contributed by atoms with Crippen LogP contribution in [-0.4, -0.2) is 33.5 Å². The van der Waals surface area contributed by atoms with E-state index in [0.717, 1.165) is 28.2 Å². The third-order valence-corrected chi connectivity index (χ3v) is 3.92. The maximum absolute atomic E-state index is 11.8. The number of amides is 1. The number of benzene rings is 1. The summed E-state index contributed by atoms with van der Waals surface area (Å²) in [5.74, 6) is 1.79. The number of H-pyrrole nitrogens is 1. The van der Waals surface area contributed by atoms with Crippen molar-refractivity contribution < 1.29 is 4.79 Å². The highest BCUT2D eigenvalue weighted by atomic mass is 32.2. The van der Waals surface area contributed by atoms with Gasteiger partial charge in [0.1, 0.15) is 0 Å². The van der Waals surface area contributed by atoms with E-state index in [0.29, 0.717) is 6.54 Å². The Balaban J connectivity index is 1.63. The monoisotopic (exact) mass is 262 g/mol. The van der Waals surface area contributed by atoms with Gasteiger partial charge < -0.3 is 10.3 Å². The predicted octanol–water partition coefficient (Wildman–Crippen LogP) is 0.842. The summed E-state index contributed by atoms with van der Waals surface area (Å²) in [6, 6.07) is 5.90. The Morgan fingerprint density at radius 1 is 1.56 bits per heavy atom. The Hall–Kier alpha value is -1.53. The molecule has 0 aliphatic carbocycles. The first-order chi connectivity index (χ1) is 8.83. The Morgan fingerprint density at radius 2 is 2.50 bits per heavy atom. The summed E-state index contributed by atoms with van der Waals surface area (Å²) in [4.78, 5) is 19.1. The van der Waals surface area contributed by atoms with Crippen LogP contribution in [0, 0.1) is 0 Å². The molecular formula is C12H14N4OS. The molecule has 1 aromatic carbocycles. The number of hydrogen-bond donors (Lipinski definition) is 3. The zero-order valence-corrected chi connectivity index (χ0v) is 10.6. The summed E-state index contributed by atoms with van der Waals surface area (Å²) in [7, 11) is 0. The average molecular weight is 262 g/mol. The Morgan fingerprint density at radius 3 is 3.33 bits per heavy atom. The van der Waals surface area contributed by atoms with E-state index in [1.54, 1.807) is 18.1 Å². The fraction of sp³-hybridized carbons (Fsp3) is 0.333. The largest absolute Gasteiger partial charge is 0.351 e. The van der Waals surface area contributed by atoms with E-state index in [-0.39, 0.29) is 11.9 Å². The highest BCUT2D eigenvalue weighted by molar-refractivity contribution is 7.99. The zero-order chi connectivity index (χ0) is 12.4. The van der Waals surface area contributed by atoms with Gasteiger partial charge in [-0.25, -0.2) is 4.98 Å². The second-order valence-corrected chi connectivity index (χ2v) is 5.27. The van der Waals surface area contributed by atoms with Crippen molar-refractivity contribution in [2.24, 2.45) is 0 Å². The predicted molar refractivity (Wildman–Crippen MR) is 72.2 cm³/mol. The number of hydrogen-bond acceptors (Lipinski definition) is 4. The molecule has 1 aromatic heterocycles. The maximum Gasteiger partial charge on any atom is 0.238 e. The Kier molecular flexibility index (Phi) is 3.21. The highest BCUT2D eigenvalue weighted by Gasteiger charge is 2.21. The van der Waals surface area contributed by atoms with Crippen molar-refractivity contribution >= 4 is 28.7 Å². The lowest BCUT2D eigenvalue weighted by Crippen LogP contribution is -2.41. The molecule has 1 atom stereocenters. The molecule has 2 heterocycles. The van der Waals surface area contributed by atoms with Crippen molar-refractivity contribution in [3.05, 3.63) is 30.1 Å². The maximum atomic E-state index is 11.8. The summed E-state index contributed by atoms with van der Waals surface area (Å²) in [6.07, 6.45) is 1.67. The molecule has 1 saturated heterocycles. The molecular weight excluding hydrogens is 248 g/mol. The molecule has 0 saturated carbocycles. The van der Waals surface area contributed by atoms with Gasteiger partial charge in [0.2, 0.25) is 5.91 Å². The van der Waals surface area contributed by atoms with Gasteiger partial charge in [-0.15, -0.1) is 11.8 Å². The molecule has 5 nitrogen and oxygen atoms in total. The molecule has 0 spiro atoms. The van der Waals surface area contributed by atoms with Crippen molar-refractivity contribution in [2.75, 3.05) is 11.6 Å². The second kappa shape index (κ2) is 4.99. The number of rotatable bonds is 3. The number of nitrogens with one attached hydrogen (secondary N) is 3. The normalized spacial score (nSPS) is 19.2. The van der Waals surface area contributed by atoms with E-state index in [1.807, 2.05) is 18.2 Å². The van der Waals surface area contributed by atoms with Gasteiger partial charge in [0.05, 0.1) is 23.4 Å². The molecule has 1 fully saturated rings. The summed E-state index contributed by atoms with van der Waals surface area (Å²) >= 11 is 1.75. The second-order valence-electron chi connectivity index (χ2n) is 4.24. The van der Waals surface area contributed by atoms with E-state index < -0.39 is 0 Å². The van der Waals surface area contributed by atoms with Gasteiger partial charge in [-0.05, 0) is 17.7 Å². The smallest absolute Gasteiger partial charge is 0.238 e. The van der Waals surface area contributed by atoms with E-state index in [4.69, 9.17) is 0 Å². The zero-order valence-electron chi connectivity index (χ0n) is 9.77. The summed E-state index contributed by atoms with van der Waals surface area (Å²) in [6.45, 7) is 0.552. The first kappa shape index (κ1) is 11.6. The minimum absolute atomic E-state index is 0.0501. The van der Waals surface area contributed by atoms with Gasteiger partial charge in [0, 0.05) is 18.2 Å². The van der Waals surface area contributed by atoms with Crippen LogP contribution in [0.2, 0.25) is 0 Å². The Labute approximate surface area is 109 Å². The molecule has 94 valence electrons. The molecule has 3 rings (SSSR count). The van der Waals surface area contributed by atoms with Gasteiger partial charge in [-0.2, -0.15) is 0 Å². The summed E-state index contributed by atoms with van der Waals surface area (Å²) < 4.78 is 0. The number of thioether (sulfide) groups is 1. The summed E-state index contributed by atoms with van der Waals surface area (Å²) in [5, 5.41) is 6.10. The number of aromatic nitrogens is 2. The quantitative estimate of drug-likeness (QED) is 0.766. The van der Waals surface area contributed by atoms with Crippen molar-refractivity contribution in [1.82, 2.24) is 20.6 Å². The van der Waals surface area contributed by atoms with E-state index in [2.05, 4.69) is 20.6 Å². The number of fused-ring (bicyclic) bond motifs is 1. The molecule has 1 aliphatic heterocycles. The summed E-state index contributed by atoms with van der Waals surface area (Å²) in [5.41, 5.74) is 3.01. The lowest BCUT2D eigenvalue weighted by Gasteiger charge is -2.10. The van der Waals surface area contributed by atoms with Crippen LogP contribution >= 0.6 is 11.8 Å². The third-order valence-electron chi connectivity index (χ3n) is 2.98. The van der Waals surface area contributed by atoms with Gasteiger partial charge >= 0.3 is 0 Å². The van der Waals surface area contributed by atoms with Crippen LogP contribution in [0.15, 0.2) is 24.5 Å². The SMILES string of the molecule is O=C(NCc1ccc2nc[nH]c2c1)C1CSCN1. The number of nitrogens with zero attached hydrogens (tertiary/aromatic N) is 1. The van der Waals surface area contributed by atoms with Gasteiger partial charge in [-0.3, -0.25) is 10.1 Å². The highest BCUT2D eigenvalue weighted by Crippen LogP contribution is 2.12. The standard InChI is InChI=1S/C12H14N4OS/c17-12(11-5-18-7-16-11)13-4-8-1-2-9-10(3-8)15-6-14-9/h1-3,6,11,16H,4-5,7H2,(H,13,17)(H,14,15). The number of aromatic amines is 1. The number of carbonyl (C=O) groups excluding carboxylic acids is 1. The number of carbonyl (C=O) groups is 1. The molecule has 2 aromatic rings. The van der Waals surface area contributed by atoms with Crippen LogP contribution in [0.5, 0.6) is 0 Å². The molecule has 0 radical (unpaired) electrons. The van der Waals surface area contributed by atoms with Gasteiger partial charge in [-0.1, -0.05) is 6.07 Å². The van der Waals surface area contributed by atoms with Crippen molar-refractivity contribution in [1.29, 1.82) is 0 Å². The van der Waals surface area contributed by atoms with Crippen LogP contribution in [0.4, 0.5) is 0 Å². The van der Waals surface area contributed by atoms with E-state index >= 15 is 0 Å². The van der Waals surface area contributed by atoms with Crippen molar-refractivity contribution in [2.45, 2.75) is 12.6 Å². The lowest BCUT2D eigenvalue weighted by atomic mass is 10.2. The van der Waals surface area contributed by atoms with Gasteiger partial charge in [0.25, 0.3) is 0 Å². The topological polar surface area (TPSA) is 69.8 Å². The lowest BCUT2D eigenvalue weighted by molar-refractivity contribution is -0.122. The molecule has 1 unspecified atom stereocenters. The van der Waals surface area contributed by atoms with E-state index in [9.17, 15) is 4.79 Å². The molecule has 1 aliphatic rings. The van der Waals surface area contributed by atoms with E-state index in [1.165, 1.54) is 0 Å². The molecule has 18 heavy (non-hydrogen) atoms. The minimum atomic E-state index is -0.0501. The van der Waals surface area contributed by atoms with Gasteiger partial charge in [0.15, 0.2) is 0 Å². The van der Waals surface area contributed by atoms with Crippen molar-refractivity contribution in [3.8, 4) is 0 Å². The number of imidazole rings is 1. The van der Waals surface area contributed by atoms with Crippen molar-refractivity contribution in [3.63, 3.8) is 0 Å². The fourth-order valence-corrected chi connectivity index (χ4v) is 2.91. The molecule has 1 amide bonds. The first-order valence-corrected chi connectivity index (χ1v) is 6.99. The van der Waals surface area contributed by atoms with Crippen LogP contribution in [0.3, 0.4) is 0 Å². The minimum Gasteiger partial charge on any atom is -0.351 e. The van der Waals surface area contributed by atoms with Crippen LogP contribution in [-0.2, 0) is 11.3 Å². The Bertz CT molecular complexity index is 562. The molecule has 0 bridgehead atoms. The van der Waals surface area contributed by atoms with Crippen LogP contribution < -0.4 is 10.6 Å². The third kappa shape index (κ3) is 2.34.